The predicted molar refractivity (Wildman–Crippen MR) is 83.9 cm³/mol. The molecule has 1 fully saturated rings. The summed E-state index contributed by atoms with van der Waals surface area (Å²) in [6.07, 6.45) is 3.67. The highest BCUT2D eigenvalue weighted by Gasteiger charge is 2.28. The third-order valence-electron chi connectivity index (χ3n) is 4.10. The van der Waals surface area contributed by atoms with Gasteiger partial charge in [0.1, 0.15) is 0 Å². The summed E-state index contributed by atoms with van der Waals surface area (Å²) in [4.78, 5) is 4.30. The van der Waals surface area contributed by atoms with Gasteiger partial charge in [0.2, 0.25) is 5.89 Å². The zero-order valence-corrected chi connectivity index (χ0v) is 14.0. The molecule has 3 rings (SSSR count). The molecule has 3 heterocycles. The van der Waals surface area contributed by atoms with Crippen molar-refractivity contribution in [3.63, 3.8) is 0 Å². The standard InChI is InChI=1S/C14H24N8O/c1-14(2,12-16-19-20-17-12)10-21(3)9-11-15-18-13(23-11)22-7-5-4-6-8-22/h4-10H2,1-3H3,(H,16,17,19,20). The normalized spacial score (nSPS) is 16.3. The van der Waals surface area contributed by atoms with Gasteiger partial charge in [0, 0.05) is 25.0 Å². The molecule has 0 spiro atoms. The summed E-state index contributed by atoms with van der Waals surface area (Å²) < 4.78 is 5.81. The molecule has 0 bridgehead atoms. The molecule has 0 radical (unpaired) electrons. The van der Waals surface area contributed by atoms with Crippen LogP contribution in [0.25, 0.3) is 0 Å². The van der Waals surface area contributed by atoms with Gasteiger partial charge in [0.15, 0.2) is 5.82 Å². The summed E-state index contributed by atoms with van der Waals surface area (Å²) in [6.45, 7) is 7.53. The van der Waals surface area contributed by atoms with E-state index in [0.717, 1.165) is 19.6 Å². The Labute approximate surface area is 135 Å². The summed E-state index contributed by atoms with van der Waals surface area (Å²) in [7, 11) is 2.02. The van der Waals surface area contributed by atoms with Crippen LogP contribution in [0.2, 0.25) is 0 Å². The van der Waals surface area contributed by atoms with Gasteiger partial charge in [0.25, 0.3) is 0 Å². The number of anilines is 1. The van der Waals surface area contributed by atoms with Crippen molar-refractivity contribution < 1.29 is 4.42 Å². The number of H-pyrrole nitrogens is 1. The minimum Gasteiger partial charge on any atom is -0.407 e. The van der Waals surface area contributed by atoms with Crippen molar-refractivity contribution in [3.8, 4) is 0 Å². The molecule has 0 atom stereocenters. The second-order valence-corrected chi connectivity index (χ2v) is 6.82. The van der Waals surface area contributed by atoms with E-state index in [0.29, 0.717) is 24.3 Å². The smallest absolute Gasteiger partial charge is 0.318 e. The van der Waals surface area contributed by atoms with Gasteiger partial charge < -0.3 is 9.32 Å². The number of hydrogen-bond donors (Lipinski definition) is 1. The molecule has 0 amide bonds. The molecular weight excluding hydrogens is 296 g/mol. The summed E-state index contributed by atoms with van der Waals surface area (Å²) in [5.41, 5.74) is -0.211. The zero-order chi connectivity index (χ0) is 16.3. The fourth-order valence-electron chi connectivity index (χ4n) is 3.00. The van der Waals surface area contributed by atoms with Crippen LogP contribution >= 0.6 is 0 Å². The van der Waals surface area contributed by atoms with Crippen molar-refractivity contribution >= 4 is 6.01 Å². The van der Waals surface area contributed by atoms with Crippen LogP contribution in [0, 0.1) is 0 Å². The largest absolute Gasteiger partial charge is 0.407 e. The van der Waals surface area contributed by atoms with E-state index in [9.17, 15) is 0 Å². The van der Waals surface area contributed by atoms with Gasteiger partial charge >= 0.3 is 6.01 Å². The first-order valence-electron chi connectivity index (χ1n) is 8.04. The van der Waals surface area contributed by atoms with E-state index in [1.807, 2.05) is 7.05 Å². The SMILES string of the molecule is CN(Cc1nnc(N2CCCCC2)o1)CC(C)(C)c1nn[nH]n1. The van der Waals surface area contributed by atoms with Crippen molar-refractivity contribution in [2.45, 2.75) is 45.1 Å². The number of rotatable bonds is 6. The molecule has 9 nitrogen and oxygen atoms in total. The number of likely N-dealkylation sites (N-methyl/N-ethyl adjacent to an activating group) is 1. The van der Waals surface area contributed by atoms with Crippen LogP contribution in [0.1, 0.15) is 44.8 Å². The number of tetrazole rings is 1. The molecule has 0 aromatic carbocycles. The lowest BCUT2D eigenvalue weighted by molar-refractivity contribution is 0.233. The van der Waals surface area contributed by atoms with Crippen LogP contribution in [-0.4, -0.2) is 62.4 Å². The molecular formula is C14H24N8O. The molecule has 1 aliphatic rings. The second-order valence-electron chi connectivity index (χ2n) is 6.82. The maximum absolute atomic E-state index is 5.81. The average Bonchev–Trinajstić information content (AvgIpc) is 3.19. The lowest BCUT2D eigenvalue weighted by atomic mass is 9.92. The third-order valence-corrected chi connectivity index (χ3v) is 4.10. The van der Waals surface area contributed by atoms with Crippen LogP contribution in [0.3, 0.4) is 0 Å². The maximum Gasteiger partial charge on any atom is 0.318 e. The first kappa shape index (κ1) is 15.9. The molecule has 0 unspecified atom stereocenters. The minimum absolute atomic E-state index is 0.211. The molecule has 2 aromatic rings. The Kier molecular flexibility index (Phi) is 4.56. The topological polar surface area (TPSA) is 99.9 Å². The van der Waals surface area contributed by atoms with Gasteiger partial charge in [-0.25, -0.2) is 0 Å². The van der Waals surface area contributed by atoms with Crippen LogP contribution in [-0.2, 0) is 12.0 Å². The fraction of sp³-hybridized carbons (Fsp3) is 0.786. The van der Waals surface area contributed by atoms with Crippen molar-refractivity contribution in [2.75, 3.05) is 31.6 Å². The molecule has 1 aliphatic heterocycles. The third kappa shape index (κ3) is 3.84. The minimum atomic E-state index is -0.211. The Hall–Kier alpha value is -2.03. The number of nitrogens with zero attached hydrogens (tertiary/aromatic N) is 7. The summed E-state index contributed by atoms with van der Waals surface area (Å²) in [6, 6.07) is 0.644. The summed E-state index contributed by atoms with van der Waals surface area (Å²) in [5.74, 6) is 1.33. The van der Waals surface area contributed by atoms with E-state index in [4.69, 9.17) is 4.42 Å². The number of aromatic nitrogens is 6. The van der Waals surface area contributed by atoms with Gasteiger partial charge in [-0.2, -0.15) is 5.21 Å². The first-order chi connectivity index (χ1) is 11.0. The van der Waals surface area contributed by atoms with Gasteiger partial charge in [-0.1, -0.05) is 24.2 Å². The molecule has 9 heteroatoms. The molecule has 126 valence electrons. The first-order valence-corrected chi connectivity index (χ1v) is 8.04. The highest BCUT2D eigenvalue weighted by Crippen LogP contribution is 2.21. The van der Waals surface area contributed by atoms with Crippen molar-refractivity contribution in [3.05, 3.63) is 11.7 Å². The highest BCUT2D eigenvalue weighted by molar-refractivity contribution is 5.24. The monoisotopic (exact) mass is 320 g/mol. The van der Waals surface area contributed by atoms with Crippen LogP contribution in [0.5, 0.6) is 0 Å². The van der Waals surface area contributed by atoms with Gasteiger partial charge in [0.05, 0.1) is 6.54 Å². The van der Waals surface area contributed by atoms with E-state index in [-0.39, 0.29) is 5.41 Å². The van der Waals surface area contributed by atoms with Crippen LogP contribution in [0.4, 0.5) is 6.01 Å². The van der Waals surface area contributed by atoms with Gasteiger partial charge in [-0.15, -0.1) is 15.3 Å². The Morgan fingerprint density at radius 3 is 2.65 bits per heavy atom. The molecule has 23 heavy (non-hydrogen) atoms. The molecule has 2 aromatic heterocycles. The summed E-state index contributed by atoms with van der Waals surface area (Å²) in [5, 5.41) is 22.7. The molecule has 1 N–H and O–H groups in total. The van der Waals surface area contributed by atoms with E-state index >= 15 is 0 Å². The van der Waals surface area contributed by atoms with Gasteiger partial charge in [-0.05, 0) is 26.3 Å². The van der Waals surface area contributed by atoms with E-state index < -0.39 is 0 Å². The maximum atomic E-state index is 5.81. The van der Waals surface area contributed by atoms with Crippen molar-refractivity contribution in [1.29, 1.82) is 0 Å². The van der Waals surface area contributed by atoms with E-state index in [1.54, 1.807) is 0 Å². The Bertz CT molecular complexity index is 602. The number of piperidine rings is 1. The molecule has 0 aliphatic carbocycles. The fourth-order valence-corrected chi connectivity index (χ4v) is 3.00. The Balaban J connectivity index is 1.57. The number of nitrogens with one attached hydrogen (secondary N) is 1. The van der Waals surface area contributed by atoms with Crippen LogP contribution < -0.4 is 4.90 Å². The van der Waals surface area contributed by atoms with Crippen molar-refractivity contribution in [2.24, 2.45) is 0 Å². The quantitative estimate of drug-likeness (QED) is 0.841. The second kappa shape index (κ2) is 6.61. The lowest BCUT2D eigenvalue weighted by Gasteiger charge is -2.26. The summed E-state index contributed by atoms with van der Waals surface area (Å²) >= 11 is 0. The molecule has 1 saturated heterocycles. The number of aromatic amines is 1. The Morgan fingerprint density at radius 2 is 1.96 bits per heavy atom. The average molecular weight is 320 g/mol. The zero-order valence-electron chi connectivity index (χ0n) is 14.0. The van der Waals surface area contributed by atoms with E-state index in [2.05, 4.69) is 54.5 Å². The Morgan fingerprint density at radius 1 is 1.17 bits per heavy atom. The van der Waals surface area contributed by atoms with Crippen molar-refractivity contribution in [1.82, 2.24) is 35.7 Å². The van der Waals surface area contributed by atoms with Gasteiger partial charge in [-0.3, -0.25) is 4.90 Å². The highest BCUT2D eigenvalue weighted by atomic mass is 16.4. The predicted octanol–water partition coefficient (Wildman–Crippen LogP) is 0.983. The van der Waals surface area contributed by atoms with E-state index in [1.165, 1.54) is 19.3 Å². The molecule has 0 saturated carbocycles. The number of hydrogen-bond acceptors (Lipinski definition) is 8. The lowest BCUT2D eigenvalue weighted by Crippen LogP contribution is -2.35. The van der Waals surface area contributed by atoms with Crippen LogP contribution in [0.15, 0.2) is 4.42 Å².